The number of aromatic nitrogens is 1. The Hall–Kier alpha value is -3.04. The fourth-order valence-corrected chi connectivity index (χ4v) is 4.63. The molecule has 0 N–H and O–H groups in total. The van der Waals surface area contributed by atoms with E-state index in [1.807, 2.05) is 29.6 Å². The Morgan fingerprint density at radius 3 is 2.87 bits per heavy atom. The summed E-state index contributed by atoms with van der Waals surface area (Å²) in [6, 6.07) is 11.0. The number of thiophene rings is 1. The Labute approximate surface area is 180 Å². The maximum atomic E-state index is 12.5. The average Bonchev–Trinajstić information content (AvgIpc) is 3.52. The van der Waals surface area contributed by atoms with E-state index in [0.717, 1.165) is 17.0 Å². The molecule has 0 bridgehead atoms. The van der Waals surface area contributed by atoms with E-state index in [-0.39, 0.29) is 31.3 Å². The third-order valence-corrected chi connectivity index (χ3v) is 6.46. The summed E-state index contributed by atoms with van der Waals surface area (Å²) in [6.07, 6.45) is 0.0418. The lowest BCUT2D eigenvalue weighted by molar-refractivity contribution is -0.147. The number of ketones is 1. The summed E-state index contributed by atoms with van der Waals surface area (Å²) in [6.45, 7) is -0.128. The lowest BCUT2D eigenvalue weighted by atomic mass is 10.1. The minimum atomic E-state index is -0.613. The third-order valence-electron chi connectivity index (χ3n) is 4.69. The van der Waals surface area contributed by atoms with E-state index >= 15 is 0 Å². The number of hydrogen-bond acceptors (Lipinski definition) is 8. The number of benzene rings is 1. The smallest absolute Gasteiger partial charge is 0.311 e. The molecule has 9 heteroatoms. The zero-order valence-corrected chi connectivity index (χ0v) is 17.7. The molecular weight excluding hydrogens is 424 g/mol. The standard InChI is InChI=1S/C21H18N2O5S2/c1-27-15-5-2-4-13(8-15)16-12-30-21(22-16)23-10-14(9-19(23)25)20(26)28-11-17(24)18-6-3-7-29-18/h2-8,12,14H,9-11H2,1H3/t14-/m0/s1. The molecule has 1 aromatic carbocycles. The van der Waals surface area contributed by atoms with Crippen LogP contribution < -0.4 is 9.64 Å². The van der Waals surface area contributed by atoms with E-state index in [1.54, 1.807) is 24.6 Å². The number of carbonyl (C=O) groups excluding carboxylic acids is 3. The second-order valence-corrected chi connectivity index (χ2v) is 8.45. The van der Waals surface area contributed by atoms with Gasteiger partial charge in [0.2, 0.25) is 11.7 Å². The number of amides is 1. The van der Waals surface area contributed by atoms with Crippen molar-refractivity contribution in [3.63, 3.8) is 0 Å². The molecular formula is C21H18N2O5S2. The first-order chi connectivity index (χ1) is 14.5. The van der Waals surface area contributed by atoms with Gasteiger partial charge in [-0.2, -0.15) is 0 Å². The minimum Gasteiger partial charge on any atom is -0.497 e. The largest absolute Gasteiger partial charge is 0.497 e. The highest BCUT2D eigenvalue weighted by Crippen LogP contribution is 2.33. The van der Waals surface area contributed by atoms with Gasteiger partial charge in [-0.3, -0.25) is 19.3 Å². The molecule has 1 saturated heterocycles. The second-order valence-electron chi connectivity index (χ2n) is 6.66. The molecule has 4 rings (SSSR count). The zero-order valence-electron chi connectivity index (χ0n) is 16.1. The van der Waals surface area contributed by atoms with Crippen molar-refractivity contribution >= 4 is 45.5 Å². The van der Waals surface area contributed by atoms with E-state index in [9.17, 15) is 14.4 Å². The number of anilines is 1. The molecule has 1 fully saturated rings. The summed E-state index contributed by atoms with van der Waals surface area (Å²) in [7, 11) is 1.60. The van der Waals surface area contributed by atoms with E-state index in [4.69, 9.17) is 9.47 Å². The normalized spacial score (nSPS) is 16.0. The number of rotatable bonds is 7. The van der Waals surface area contributed by atoms with Crippen molar-refractivity contribution in [3.8, 4) is 17.0 Å². The van der Waals surface area contributed by atoms with Gasteiger partial charge in [-0.15, -0.1) is 22.7 Å². The van der Waals surface area contributed by atoms with Crippen LogP contribution in [0.2, 0.25) is 0 Å². The average molecular weight is 443 g/mol. The van der Waals surface area contributed by atoms with Gasteiger partial charge in [0, 0.05) is 23.9 Å². The summed E-state index contributed by atoms with van der Waals surface area (Å²) >= 11 is 2.64. The predicted octanol–water partition coefficient (Wildman–Crippen LogP) is 3.66. The molecule has 1 aliphatic heterocycles. The molecule has 1 atom stereocenters. The van der Waals surface area contributed by atoms with Crippen LogP contribution in [-0.2, 0) is 14.3 Å². The fourth-order valence-electron chi connectivity index (χ4n) is 3.12. The van der Waals surface area contributed by atoms with Gasteiger partial charge in [0.05, 0.1) is 23.6 Å². The summed E-state index contributed by atoms with van der Waals surface area (Å²) in [5.74, 6) is -0.868. The monoisotopic (exact) mass is 442 g/mol. The zero-order chi connectivity index (χ0) is 21.1. The van der Waals surface area contributed by atoms with Crippen LogP contribution in [0.1, 0.15) is 16.1 Å². The number of thiazole rings is 1. The van der Waals surface area contributed by atoms with Gasteiger partial charge in [-0.1, -0.05) is 18.2 Å². The molecule has 0 radical (unpaired) electrons. The van der Waals surface area contributed by atoms with E-state index in [1.165, 1.54) is 27.6 Å². The molecule has 1 amide bonds. The van der Waals surface area contributed by atoms with Gasteiger partial charge < -0.3 is 9.47 Å². The van der Waals surface area contributed by atoms with Crippen LogP contribution in [-0.4, -0.2) is 42.9 Å². The molecule has 154 valence electrons. The lowest BCUT2D eigenvalue weighted by Gasteiger charge is -2.12. The van der Waals surface area contributed by atoms with Crippen LogP contribution in [0.5, 0.6) is 5.75 Å². The van der Waals surface area contributed by atoms with Crippen molar-refractivity contribution in [2.45, 2.75) is 6.42 Å². The number of Topliss-reactive ketones (excluding diaryl/α,β-unsaturated/α-hetero) is 1. The molecule has 30 heavy (non-hydrogen) atoms. The molecule has 7 nitrogen and oxygen atoms in total. The maximum absolute atomic E-state index is 12.5. The van der Waals surface area contributed by atoms with Gasteiger partial charge in [0.15, 0.2) is 11.7 Å². The van der Waals surface area contributed by atoms with Crippen LogP contribution in [0.25, 0.3) is 11.3 Å². The molecule has 0 saturated carbocycles. The molecule has 3 heterocycles. The maximum Gasteiger partial charge on any atom is 0.311 e. The van der Waals surface area contributed by atoms with E-state index in [0.29, 0.717) is 10.0 Å². The van der Waals surface area contributed by atoms with Crippen LogP contribution in [0.3, 0.4) is 0 Å². The highest BCUT2D eigenvalue weighted by atomic mass is 32.1. The van der Waals surface area contributed by atoms with E-state index in [2.05, 4.69) is 4.98 Å². The molecule has 3 aromatic rings. The Morgan fingerprint density at radius 2 is 2.10 bits per heavy atom. The topological polar surface area (TPSA) is 85.8 Å². The lowest BCUT2D eigenvalue weighted by Crippen LogP contribution is -2.27. The number of nitrogens with zero attached hydrogens (tertiary/aromatic N) is 2. The minimum absolute atomic E-state index is 0.0418. The van der Waals surface area contributed by atoms with Crippen LogP contribution in [0.4, 0.5) is 5.13 Å². The molecule has 1 aliphatic rings. The predicted molar refractivity (Wildman–Crippen MR) is 114 cm³/mol. The van der Waals surface area contributed by atoms with Gasteiger partial charge in [0.25, 0.3) is 0 Å². The van der Waals surface area contributed by atoms with Crippen molar-refractivity contribution in [1.82, 2.24) is 4.98 Å². The fraction of sp³-hybridized carbons (Fsp3) is 0.238. The van der Waals surface area contributed by atoms with Gasteiger partial charge in [-0.05, 0) is 23.6 Å². The number of carbonyl (C=O) groups is 3. The highest BCUT2D eigenvalue weighted by Gasteiger charge is 2.37. The molecule has 0 unspecified atom stereocenters. The molecule has 0 aliphatic carbocycles. The Bertz CT molecular complexity index is 1080. The SMILES string of the molecule is COc1cccc(-c2csc(N3C[C@@H](C(=O)OCC(=O)c4cccs4)CC3=O)n2)c1. The van der Waals surface area contributed by atoms with Crippen molar-refractivity contribution in [3.05, 3.63) is 52.0 Å². The summed E-state index contributed by atoms with van der Waals surface area (Å²) in [5.41, 5.74) is 1.61. The summed E-state index contributed by atoms with van der Waals surface area (Å²) < 4.78 is 10.4. The Balaban J connectivity index is 1.39. The molecule has 2 aromatic heterocycles. The Morgan fingerprint density at radius 1 is 1.23 bits per heavy atom. The van der Waals surface area contributed by atoms with Crippen molar-refractivity contribution in [1.29, 1.82) is 0 Å². The summed E-state index contributed by atoms with van der Waals surface area (Å²) in [4.78, 5) is 43.4. The van der Waals surface area contributed by atoms with Gasteiger partial charge in [-0.25, -0.2) is 4.98 Å². The quantitative estimate of drug-likeness (QED) is 0.410. The first kappa shape index (κ1) is 20.2. The third kappa shape index (κ3) is 4.27. The van der Waals surface area contributed by atoms with Crippen molar-refractivity contribution in [2.24, 2.45) is 5.92 Å². The van der Waals surface area contributed by atoms with Crippen LogP contribution >= 0.6 is 22.7 Å². The van der Waals surface area contributed by atoms with Crippen molar-refractivity contribution < 1.29 is 23.9 Å². The number of methoxy groups -OCH3 is 1. The first-order valence-electron chi connectivity index (χ1n) is 9.19. The summed E-state index contributed by atoms with van der Waals surface area (Å²) in [5, 5.41) is 4.18. The number of ether oxygens (including phenoxy) is 2. The highest BCUT2D eigenvalue weighted by molar-refractivity contribution is 7.14. The number of esters is 1. The number of hydrogen-bond donors (Lipinski definition) is 0. The van der Waals surface area contributed by atoms with Gasteiger partial charge in [0.1, 0.15) is 5.75 Å². The Kier molecular flexibility index (Phi) is 5.91. The second kappa shape index (κ2) is 8.76. The van der Waals surface area contributed by atoms with Crippen molar-refractivity contribution in [2.75, 3.05) is 25.2 Å². The first-order valence-corrected chi connectivity index (χ1v) is 10.9. The van der Waals surface area contributed by atoms with Crippen LogP contribution in [0, 0.1) is 5.92 Å². The molecule has 0 spiro atoms. The van der Waals surface area contributed by atoms with Gasteiger partial charge >= 0.3 is 5.97 Å². The van der Waals surface area contributed by atoms with E-state index < -0.39 is 11.9 Å². The van der Waals surface area contributed by atoms with Crippen LogP contribution in [0.15, 0.2) is 47.2 Å².